The highest BCUT2D eigenvalue weighted by Crippen LogP contribution is 2.82. The van der Waals surface area contributed by atoms with Gasteiger partial charge in [-0.15, -0.1) is 0 Å². The first kappa shape index (κ1) is 20.6. The van der Waals surface area contributed by atoms with Gasteiger partial charge < -0.3 is 10.3 Å². The normalized spacial score (nSPS) is 34.0. The average molecular weight is 447 g/mol. The van der Waals surface area contributed by atoms with Crippen LogP contribution in [0.5, 0.6) is 0 Å². The Morgan fingerprint density at radius 2 is 1.77 bits per heavy atom. The minimum Gasteiger partial charge on any atom is -0.327 e. The van der Waals surface area contributed by atoms with Crippen molar-refractivity contribution >= 4 is 39.2 Å². The molecule has 0 aromatic heterocycles. The van der Waals surface area contributed by atoms with E-state index in [-0.39, 0.29) is 5.92 Å². The minimum absolute atomic E-state index is 0.193. The quantitative estimate of drug-likeness (QED) is 0.206. The van der Waals surface area contributed by atoms with Crippen LogP contribution in [0.3, 0.4) is 0 Å². The molecule has 1 aromatic carbocycles. The van der Waals surface area contributed by atoms with E-state index in [0.717, 1.165) is 23.4 Å². The molecule has 2 N–H and O–H groups in total. The molecule has 4 atom stereocenters. The highest BCUT2D eigenvalue weighted by molar-refractivity contribution is 8.99. The lowest BCUT2D eigenvalue weighted by atomic mass is 9.80. The van der Waals surface area contributed by atoms with Crippen molar-refractivity contribution in [2.45, 2.75) is 42.1 Å². The van der Waals surface area contributed by atoms with Gasteiger partial charge in [0, 0.05) is 0 Å². The molecule has 1 heterocycles. The second-order valence-corrected chi connectivity index (χ2v) is 16.8. The molecule has 0 bridgehead atoms. The Morgan fingerprint density at radius 3 is 2.31 bits per heavy atom. The summed E-state index contributed by atoms with van der Waals surface area (Å²) in [5, 5.41) is 0. The lowest BCUT2D eigenvalue weighted by Crippen LogP contribution is -2.49. The molecule has 2 fully saturated rings. The maximum absolute atomic E-state index is 14.0. The van der Waals surface area contributed by atoms with Crippen molar-refractivity contribution in [2.75, 3.05) is 0 Å². The van der Waals surface area contributed by atoms with E-state index in [1.54, 1.807) is 0 Å². The Bertz CT molecular complexity index is 809. The molecule has 2 aliphatic rings. The van der Waals surface area contributed by atoms with Crippen LogP contribution in [0.2, 0.25) is 0 Å². The van der Waals surface area contributed by atoms with Gasteiger partial charge in [-0.25, -0.2) is 22.0 Å². The van der Waals surface area contributed by atoms with Crippen LogP contribution in [-0.2, 0) is 16.3 Å². The van der Waals surface area contributed by atoms with Crippen molar-refractivity contribution in [3.8, 4) is 0 Å². The zero-order chi connectivity index (χ0) is 19.4. The van der Waals surface area contributed by atoms with Crippen LogP contribution in [-0.4, -0.2) is 11.0 Å². The molecule has 0 unspecified atom stereocenters. The summed E-state index contributed by atoms with van der Waals surface area (Å²) in [7, 11) is 0. The zero-order valence-corrected chi connectivity index (χ0v) is 16.9. The van der Waals surface area contributed by atoms with Crippen molar-refractivity contribution < 1.29 is 26.5 Å². The SMILES string of the molecule is C=C(C)[C@@H]1CC[C@]2(N)S[P@](=S)(Sc3c(F)c(F)c(F)c(F)c3F)O[C@H]2C1. The molecule has 144 valence electrons. The van der Waals surface area contributed by atoms with Gasteiger partial charge in [0.05, 0.1) is 15.9 Å². The fraction of sp³-hybridized carbons (Fsp3) is 0.467. The molecular formula is C15H15F5NOPS3. The van der Waals surface area contributed by atoms with E-state index < -0.39 is 49.6 Å². The number of benzene rings is 1. The van der Waals surface area contributed by atoms with Gasteiger partial charge in [0.25, 0.3) is 0 Å². The molecule has 1 aliphatic heterocycles. The van der Waals surface area contributed by atoms with E-state index in [1.807, 2.05) is 6.92 Å². The van der Waals surface area contributed by atoms with Gasteiger partial charge in [0.2, 0.25) is 5.82 Å². The van der Waals surface area contributed by atoms with E-state index in [2.05, 4.69) is 6.58 Å². The number of allylic oxidation sites excluding steroid dienone is 1. The smallest absolute Gasteiger partial charge is 0.200 e. The summed E-state index contributed by atoms with van der Waals surface area (Å²) >= 11 is 6.89. The highest BCUT2D eigenvalue weighted by Gasteiger charge is 2.54. The second-order valence-electron chi connectivity index (χ2n) is 6.40. The number of halogens is 5. The largest absolute Gasteiger partial charge is 0.327 e. The number of nitrogens with two attached hydrogens (primary N) is 1. The summed E-state index contributed by atoms with van der Waals surface area (Å²) in [6, 6.07) is 0. The lowest BCUT2D eigenvalue weighted by molar-refractivity contribution is 0.123. The lowest BCUT2D eigenvalue weighted by Gasteiger charge is -2.37. The van der Waals surface area contributed by atoms with Gasteiger partial charge in [-0.3, -0.25) is 0 Å². The van der Waals surface area contributed by atoms with Gasteiger partial charge in [-0.1, -0.05) is 23.5 Å². The fourth-order valence-electron chi connectivity index (χ4n) is 3.02. The van der Waals surface area contributed by atoms with Gasteiger partial charge in [-0.05, 0) is 55.3 Å². The van der Waals surface area contributed by atoms with Crippen molar-refractivity contribution in [2.24, 2.45) is 11.7 Å². The molecule has 26 heavy (non-hydrogen) atoms. The number of hydrogen-bond acceptors (Lipinski definition) is 5. The topological polar surface area (TPSA) is 35.2 Å². The molecule has 1 saturated heterocycles. The van der Waals surface area contributed by atoms with E-state index in [1.165, 1.54) is 0 Å². The van der Waals surface area contributed by atoms with Crippen LogP contribution in [0.15, 0.2) is 17.0 Å². The molecule has 1 aliphatic carbocycles. The Hall–Kier alpha value is -0.120. The molecular weight excluding hydrogens is 432 g/mol. The zero-order valence-electron chi connectivity index (χ0n) is 13.5. The van der Waals surface area contributed by atoms with E-state index >= 15 is 0 Å². The summed E-state index contributed by atoms with van der Waals surface area (Å²) in [6.45, 7) is 5.83. The summed E-state index contributed by atoms with van der Waals surface area (Å²) in [5.41, 5.74) is 7.36. The van der Waals surface area contributed by atoms with E-state index in [9.17, 15) is 22.0 Å². The molecule has 0 spiro atoms. The molecule has 0 amide bonds. The summed E-state index contributed by atoms with van der Waals surface area (Å²) in [6.07, 6.45) is 1.45. The minimum atomic E-state index is -3.05. The standard InChI is InChI=1S/C15H15F5NOPS3/c1-6(2)7-3-4-15(21)8(5-7)22-23(24,26-15)25-14-12(19)10(17)9(16)11(18)13(14)20/h7-8H,1,3-5,21H2,2H3/t7-,8+,15+,23-/m1/s1. The van der Waals surface area contributed by atoms with Crippen LogP contribution in [0.25, 0.3) is 0 Å². The first-order valence-corrected chi connectivity index (χ1v) is 13.2. The molecule has 2 nitrogen and oxygen atoms in total. The third kappa shape index (κ3) is 3.49. The van der Waals surface area contributed by atoms with Crippen LogP contribution in [0.1, 0.15) is 26.2 Å². The van der Waals surface area contributed by atoms with Gasteiger partial charge in [0.1, 0.15) is 0 Å². The van der Waals surface area contributed by atoms with Crippen molar-refractivity contribution in [3.63, 3.8) is 0 Å². The van der Waals surface area contributed by atoms with Crippen LogP contribution < -0.4 is 5.73 Å². The second kappa shape index (κ2) is 7.04. The molecule has 1 saturated carbocycles. The first-order valence-electron chi connectivity index (χ1n) is 7.62. The highest BCUT2D eigenvalue weighted by atomic mass is 33.2. The Morgan fingerprint density at radius 1 is 1.23 bits per heavy atom. The van der Waals surface area contributed by atoms with Gasteiger partial charge in [0.15, 0.2) is 27.9 Å². The fourth-order valence-corrected chi connectivity index (χ4v) is 13.8. The summed E-state index contributed by atoms with van der Waals surface area (Å²) < 4.78 is 70.9. The monoisotopic (exact) mass is 447 g/mol. The van der Waals surface area contributed by atoms with Crippen molar-refractivity contribution in [1.82, 2.24) is 0 Å². The molecule has 3 rings (SSSR count). The first-order chi connectivity index (χ1) is 12.0. The Balaban J connectivity index is 1.91. The van der Waals surface area contributed by atoms with Crippen molar-refractivity contribution in [1.29, 1.82) is 0 Å². The Labute approximate surface area is 160 Å². The maximum Gasteiger partial charge on any atom is 0.200 e. The average Bonchev–Trinajstić information content (AvgIpc) is 2.84. The third-order valence-corrected chi connectivity index (χ3v) is 13.2. The molecule has 0 radical (unpaired) electrons. The molecule has 1 aromatic rings. The van der Waals surface area contributed by atoms with E-state index in [4.69, 9.17) is 22.1 Å². The number of fused-ring (bicyclic) bond motifs is 1. The number of hydrogen-bond donors (Lipinski definition) is 1. The summed E-state index contributed by atoms with van der Waals surface area (Å²) in [4.78, 5) is -1.85. The molecule has 11 heteroatoms. The van der Waals surface area contributed by atoms with Gasteiger partial charge in [-0.2, -0.15) is 0 Å². The third-order valence-electron chi connectivity index (χ3n) is 4.53. The van der Waals surface area contributed by atoms with E-state index in [0.29, 0.717) is 24.2 Å². The predicted octanol–water partition coefficient (Wildman–Crippen LogP) is 5.86. The Kier molecular flexibility index (Phi) is 5.58. The number of rotatable bonds is 3. The van der Waals surface area contributed by atoms with Crippen LogP contribution in [0.4, 0.5) is 22.0 Å². The maximum atomic E-state index is 14.0. The van der Waals surface area contributed by atoms with Crippen molar-refractivity contribution in [3.05, 3.63) is 41.2 Å². The van der Waals surface area contributed by atoms with Gasteiger partial charge >= 0.3 is 0 Å². The summed E-state index contributed by atoms with van der Waals surface area (Å²) in [5.74, 6) is -9.81. The van der Waals surface area contributed by atoms with Crippen LogP contribution in [0, 0.1) is 35.0 Å². The predicted molar refractivity (Wildman–Crippen MR) is 97.9 cm³/mol. The van der Waals surface area contributed by atoms with Crippen LogP contribution >= 0.6 is 27.4 Å².